The van der Waals surface area contributed by atoms with Crippen LogP contribution in [0.3, 0.4) is 0 Å². The van der Waals surface area contributed by atoms with Crippen molar-refractivity contribution < 1.29 is 17.6 Å². The van der Waals surface area contributed by atoms with E-state index >= 15 is 0 Å². The molecule has 11 heteroatoms. The number of rotatable bonds is 4. The van der Waals surface area contributed by atoms with Gasteiger partial charge in [0.05, 0.1) is 17.2 Å². The lowest BCUT2D eigenvalue weighted by atomic mass is 10.2. The first-order valence-electron chi connectivity index (χ1n) is 9.25. The third kappa shape index (κ3) is 3.87. The molecule has 3 heterocycles. The van der Waals surface area contributed by atoms with Crippen LogP contribution in [0.2, 0.25) is 0 Å². The molecule has 158 valence electrons. The average molecular weight is 451 g/mol. The van der Waals surface area contributed by atoms with Gasteiger partial charge in [-0.1, -0.05) is 0 Å². The van der Waals surface area contributed by atoms with Crippen LogP contribution in [0.15, 0.2) is 45.7 Å². The quantitative estimate of drug-likeness (QED) is 0.600. The van der Waals surface area contributed by atoms with Crippen LogP contribution in [-0.2, 0) is 21.4 Å². The van der Waals surface area contributed by atoms with Gasteiger partial charge in [0.1, 0.15) is 16.6 Å². The Morgan fingerprint density at radius 1 is 1.17 bits per heavy atom. The second-order valence-corrected chi connectivity index (χ2v) is 10.4. The minimum absolute atomic E-state index is 0.104. The van der Waals surface area contributed by atoms with Crippen LogP contribution in [0.5, 0.6) is 0 Å². The number of fused-ring (bicyclic) bond motifs is 1. The molecular formula is C19H19FN4O4S2. The first-order valence-corrected chi connectivity index (χ1v) is 11.5. The van der Waals surface area contributed by atoms with E-state index in [2.05, 4.69) is 4.98 Å². The Morgan fingerprint density at radius 2 is 1.90 bits per heavy atom. The summed E-state index contributed by atoms with van der Waals surface area (Å²) in [6.45, 7) is 2.43. The normalized spacial score (nSPS) is 15.6. The molecule has 1 aromatic carbocycles. The summed E-state index contributed by atoms with van der Waals surface area (Å²) in [4.78, 5) is 31.7. The molecule has 0 radical (unpaired) electrons. The zero-order chi connectivity index (χ0) is 21.5. The Hall–Kier alpha value is -2.63. The highest BCUT2D eigenvalue weighted by atomic mass is 32.2. The van der Waals surface area contributed by atoms with E-state index in [0.29, 0.717) is 9.73 Å². The van der Waals surface area contributed by atoms with Crippen molar-refractivity contribution in [2.45, 2.75) is 17.7 Å². The fourth-order valence-corrected chi connectivity index (χ4v) is 6.21. The van der Waals surface area contributed by atoms with Crippen molar-refractivity contribution in [3.8, 4) is 0 Å². The van der Waals surface area contributed by atoms with Crippen LogP contribution in [0.25, 0.3) is 10.9 Å². The van der Waals surface area contributed by atoms with Crippen molar-refractivity contribution >= 4 is 38.2 Å². The lowest BCUT2D eigenvalue weighted by molar-refractivity contribution is -0.133. The van der Waals surface area contributed by atoms with E-state index in [0.717, 1.165) is 15.5 Å². The summed E-state index contributed by atoms with van der Waals surface area (Å²) in [7, 11) is -3.57. The van der Waals surface area contributed by atoms with Gasteiger partial charge in [0.15, 0.2) is 0 Å². The molecule has 4 rings (SSSR count). The van der Waals surface area contributed by atoms with Gasteiger partial charge in [-0.2, -0.15) is 4.31 Å². The summed E-state index contributed by atoms with van der Waals surface area (Å²) in [5, 5.41) is 0.104. The van der Waals surface area contributed by atoms with Crippen LogP contribution in [-0.4, -0.2) is 59.3 Å². The van der Waals surface area contributed by atoms with Crippen LogP contribution in [0.4, 0.5) is 4.39 Å². The second-order valence-electron chi connectivity index (χ2n) is 6.99. The second kappa shape index (κ2) is 7.89. The number of aryl methyl sites for hydroxylation is 1. The summed E-state index contributed by atoms with van der Waals surface area (Å²) in [5.41, 5.74) is -0.144. The standard InChI is InChI=1S/C19H19FN4O4S2/c1-13-2-5-18(29-13)30(27,28)24-8-6-22(7-9-24)17(25)11-23-12-21-16-4-3-14(20)10-15(16)19(23)26/h2-5,10,12H,6-9,11H2,1H3. The molecule has 8 nitrogen and oxygen atoms in total. The number of thiophene rings is 1. The molecule has 0 bridgehead atoms. The monoisotopic (exact) mass is 450 g/mol. The third-order valence-electron chi connectivity index (χ3n) is 4.99. The van der Waals surface area contributed by atoms with Crippen molar-refractivity contribution in [2.24, 2.45) is 0 Å². The van der Waals surface area contributed by atoms with Gasteiger partial charge in [0.2, 0.25) is 5.91 Å². The van der Waals surface area contributed by atoms with Crippen LogP contribution < -0.4 is 5.56 Å². The molecule has 0 saturated carbocycles. The Morgan fingerprint density at radius 3 is 2.57 bits per heavy atom. The van der Waals surface area contributed by atoms with E-state index in [9.17, 15) is 22.4 Å². The van der Waals surface area contributed by atoms with E-state index in [1.54, 1.807) is 12.1 Å². The summed E-state index contributed by atoms with van der Waals surface area (Å²) in [6.07, 6.45) is 1.26. The average Bonchev–Trinajstić information content (AvgIpc) is 3.18. The number of piperazine rings is 1. The number of aromatic nitrogens is 2. The van der Waals surface area contributed by atoms with Crippen LogP contribution in [0, 0.1) is 12.7 Å². The van der Waals surface area contributed by atoms with E-state index < -0.39 is 21.4 Å². The maximum Gasteiger partial charge on any atom is 0.261 e. The van der Waals surface area contributed by atoms with Gasteiger partial charge in [-0.3, -0.25) is 14.2 Å². The van der Waals surface area contributed by atoms with Crippen LogP contribution >= 0.6 is 11.3 Å². The zero-order valence-corrected chi connectivity index (χ0v) is 17.7. The highest BCUT2D eigenvalue weighted by Crippen LogP contribution is 2.25. The molecule has 1 fully saturated rings. The zero-order valence-electron chi connectivity index (χ0n) is 16.1. The fourth-order valence-electron chi connectivity index (χ4n) is 3.35. The number of carbonyl (C=O) groups excluding carboxylic acids is 1. The minimum Gasteiger partial charge on any atom is -0.338 e. The van der Waals surface area contributed by atoms with Gasteiger partial charge in [0, 0.05) is 31.1 Å². The maximum atomic E-state index is 13.5. The Bertz CT molecular complexity index is 1280. The molecule has 0 atom stereocenters. The first-order chi connectivity index (χ1) is 14.3. The lowest BCUT2D eigenvalue weighted by Crippen LogP contribution is -2.51. The molecular weight excluding hydrogens is 431 g/mol. The Labute approximate surface area is 176 Å². The topological polar surface area (TPSA) is 92.6 Å². The van der Waals surface area contributed by atoms with Gasteiger partial charge in [-0.25, -0.2) is 17.8 Å². The number of benzene rings is 1. The molecule has 1 aliphatic heterocycles. The van der Waals surface area contributed by atoms with Crippen molar-refractivity contribution in [1.82, 2.24) is 18.8 Å². The highest BCUT2D eigenvalue weighted by molar-refractivity contribution is 7.91. The van der Waals surface area contributed by atoms with E-state index in [1.165, 1.54) is 39.0 Å². The number of hydrogen-bond donors (Lipinski definition) is 0. The smallest absolute Gasteiger partial charge is 0.261 e. The number of hydrogen-bond acceptors (Lipinski definition) is 6. The molecule has 1 saturated heterocycles. The lowest BCUT2D eigenvalue weighted by Gasteiger charge is -2.33. The summed E-state index contributed by atoms with van der Waals surface area (Å²) >= 11 is 1.22. The Balaban J connectivity index is 1.44. The minimum atomic E-state index is -3.57. The molecule has 0 aliphatic carbocycles. The van der Waals surface area contributed by atoms with Gasteiger partial charge >= 0.3 is 0 Å². The molecule has 30 heavy (non-hydrogen) atoms. The molecule has 3 aromatic rings. The van der Waals surface area contributed by atoms with Gasteiger partial charge in [-0.15, -0.1) is 11.3 Å². The SMILES string of the molecule is Cc1ccc(S(=O)(=O)N2CCN(C(=O)Cn3cnc4ccc(F)cc4c3=O)CC2)s1. The first kappa shape index (κ1) is 20.6. The van der Waals surface area contributed by atoms with Crippen molar-refractivity contribution in [3.05, 3.63) is 57.7 Å². The summed E-state index contributed by atoms with van der Waals surface area (Å²) in [6, 6.07) is 7.08. The number of nitrogens with zero attached hydrogens (tertiary/aromatic N) is 4. The number of sulfonamides is 1. The van der Waals surface area contributed by atoms with Crippen molar-refractivity contribution in [3.63, 3.8) is 0 Å². The molecule has 1 aliphatic rings. The fraction of sp³-hybridized carbons (Fsp3) is 0.316. The van der Waals surface area contributed by atoms with E-state index in [1.807, 2.05) is 6.92 Å². The largest absolute Gasteiger partial charge is 0.338 e. The summed E-state index contributed by atoms with van der Waals surface area (Å²) < 4.78 is 41.7. The summed E-state index contributed by atoms with van der Waals surface area (Å²) in [5.74, 6) is -0.873. The highest BCUT2D eigenvalue weighted by Gasteiger charge is 2.31. The van der Waals surface area contributed by atoms with Gasteiger partial charge in [0.25, 0.3) is 15.6 Å². The molecule has 0 N–H and O–H groups in total. The van der Waals surface area contributed by atoms with Crippen LogP contribution in [0.1, 0.15) is 4.88 Å². The third-order valence-corrected chi connectivity index (χ3v) is 8.36. The predicted molar refractivity (Wildman–Crippen MR) is 110 cm³/mol. The van der Waals surface area contributed by atoms with Crippen molar-refractivity contribution in [2.75, 3.05) is 26.2 Å². The van der Waals surface area contributed by atoms with E-state index in [-0.39, 0.29) is 44.0 Å². The maximum absolute atomic E-state index is 13.5. The van der Waals surface area contributed by atoms with Crippen molar-refractivity contribution in [1.29, 1.82) is 0 Å². The predicted octanol–water partition coefficient (Wildman–Crippen LogP) is 1.44. The Kier molecular flexibility index (Phi) is 5.43. The molecule has 0 unspecified atom stereocenters. The van der Waals surface area contributed by atoms with Gasteiger partial charge in [-0.05, 0) is 37.3 Å². The molecule has 0 spiro atoms. The molecule has 1 amide bonds. The number of halogens is 1. The van der Waals surface area contributed by atoms with Gasteiger partial charge < -0.3 is 4.90 Å². The number of amides is 1. The van der Waals surface area contributed by atoms with E-state index in [4.69, 9.17) is 0 Å². The molecule has 2 aromatic heterocycles. The number of carbonyl (C=O) groups is 1.